The molecule has 0 amide bonds. The monoisotopic (exact) mass is 255 g/mol. The van der Waals surface area contributed by atoms with Gasteiger partial charge >= 0.3 is 5.97 Å². The van der Waals surface area contributed by atoms with Gasteiger partial charge in [0.15, 0.2) is 11.6 Å². The molecule has 1 unspecified atom stereocenters. The summed E-state index contributed by atoms with van der Waals surface area (Å²) in [6, 6.07) is 2.80. The summed E-state index contributed by atoms with van der Waals surface area (Å²) in [6.07, 6.45) is 2.10. The quantitative estimate of drug-likeness (QED) is 0.843. The number of carbonyl (C=O) groups is 1. The Morgan fingerprint density at radius 1 is 1.39 bits per heavy atom. The fraction of sp³-hybridized carbons (Fsp3) is 0.462. The van der Waals surface area contributed by atoms with E-state index in [-0.39, 0.29) is 5.97 Å². The maximum atomic E-state index is 13.2. The van der Waals surface area contributed by atoms with Gasteiger partial charge in [0.2, 0.25) is 0 Å². The van der Waals surface area contributed by atoms with Gasteiger partial charge < -0.3 is 10.5 Å². The molecule has 1 aromatic rings. The van der Waals surface area contributed by atoms with E-state index in [2.05, 4.69) is 0 Å². The Bertz CT molecular complexity index is 472. The Kier molecular flexibility index (Phi) is 3.34. The summed E-state index contributed by atoms with van der Waals surface area (Å²) < 4.78 is 30.8. The van der Waals surface area contributed by atoms with Crippen LogP contribution < -0.4 is 5.73 Å². The number of nitrogens with two attached hydrogens (primary N) is 1. The van der Waals surface area contributed by atoms with Gasteiger partial charge in [-0.3, -0.25) is 4.79 Å². The molecule has 0 aliphatic heterocycles. The van der Waals surface area contributed by atoms with Crippen LogP contribution in [-0.2, 0) is 9.53 Å². The summed E-state index contributed by atoms with van der Waals surface area (Å²) in [4.78, 5) is 11.8. The smallest absolute Gasteiger partial charge is 0.313 e. The van der Waals surface area contributed by atoms with Crippen molar-refractivity contribution in [1.29, 1.82) is 0 Å². The minimum atomic E-state index is -0.956. The van der Waals surface area contributed by atoms with Crippen molar-refractivity contribution in [3.05, 3.63) is 35.4 Å². The summed E-state index contributed by atoms with van der Waals surface area (Å²) in [7, 11) is 1.31. The van der Waals surface area contributed by atoms with Crippen LogP contribution in [0.3, 0.4) is 0 Å². The van der Waals surface area contributed by atoms with Gasteiger partial charge in [0.1, 0.15) is 0 Å². The fourth-order valence-electron chi connectivity index (χ4n) is 2.43. The summed E-state index contributed by atoms with van der Waals surface area (Å²) in [5.41, 5.74) is 5.66. The van der Waals surface area contributed by atoms with Crippen molar-refractivity contribution in [2.24, 2.45) is 11.1 Å². The van der Waals surface area contributed by atoms with Gasteiger partial charge in [-0.25, -0.2) is 8.78 Å². The van der Waals surface area contributed by atoms with Gasteiger partial charge in [0.25, 0.3) is 0 Å². The van der Waals surface area contributed by atoms with E-state index in [0.29, 0.717) is 18.4 Å². The van der Waals surface area contributed by atoms with E-state index < -0.39 is 23.1 Å². The summed E-state index contributed by atoms with van der Waals surface area (Å²) in [6.45, 7) is 0. The summed E-state index contributed by atoms with van der Waals surface area (Å²) >= 11 is 0. The lowest BCUT2D eigenvalue weighted by atomic mass is 9.62. The van der Waals surface area contributed by atoms with Crippen molar-refractivity contribution in [1.82, 2.24) is 0 Å². The van der Waals surface area contributed by atoms with Crippen LogP contribution >= 0.6 is 0 Å². The minimum Gasteiger partial charge on any atom is -0.469 e. The van der Waals surface area contributed by atoms with Crippen molar-refractivity contribution in [2.45, 2.75) is 25.3 Å². The molecule has 0 aromatic heterocycles. The van der Waals surface area contributed by atoms with Crippen LogP contribution in [0, 0.1) is 17.0 Å². The standard InChI is InChI=1S/C13H15F2NO2/c1-18-12(17)13(5-2-6-13)11(16)8-3-4-9(14)10(15)7-8/h3-4,7,11H,2,5-6,16H2,1H3. The molecule has 0 spiro atoms. The Hall–Kier alpha value is -1.49. The van der Waals surface area contributed by atoms with Crippen LogP contribution in [0.1, 0.15) is 30.9 Å². The molecule has 2 rings (SSSR count). The van der Waals surface area contributed by atoms with E-state index in [0.717, 1.165) is 18.6 Å². The van der Waals surface area contributed by atoms with Gasteiger partial charge in [0.05, 0.1) is 12.5 Å². The zero-order valence-electron chi connectivity index (χ0n) is 10.1. The SMILES string of the molecule is COC(=O)C1(C(N)c2ccc(F)c(F)c2)CCC1. The Balaban J connectivity index is 2.31. The van der Waals surface area contributed by atoms with Gasteiger partial charge in [-0.2, -0.15) is 0 Å². The molecule has 0 saturated heterocycles. The lowest BCUT2D eigenvalue weighted by Gasteiger charge is -2.43. The van der Waals surface area contributed by atoms with Gasteiger partial charge in [-0.05, 0) is 30.5 Å². The first-order chi connectivity index (χ1) is 8.51. The summed E-state index contributed by atoms with van der Waals surface area (Å²) in [5, 5.41) is 0. The molecule has 0 heterocycles. The molecule has 1 atom stereocenters. The van der Waals surface area contributed by atoms with Crippen LogP contribution in [0.25, 0.3) is 0 Å². The molecule has 98 valence electrons. The number of ether oxygens (including phenoxy) is 1. The molecule has 0 radical (unpaired) electrons. The zero-order valence-corrected chi connectivity index (χ0v) is 10.1. The highest BCUT2D eigenvalue weighted by molar-refractivity contribution is 5.79. The topological polar surface area (TPSA) is 52.3 Å². The van der Waals surface area contributed by atoms with E-state index in [1.54, 1.807) is 0 Å². The molecule has 5 heteroatoms. The molecule has 0 bridgehead atoms. The third kappa shape index (κ3) is 1.88. The van der Waals surface area contributed by atoms with E-state index in [4.69, 9.17) is 10.5 Å². The maximum absolute atomic E-state index is 13.2. The lowest BCUT2D eigenvalue weighted by molar-refractivity contribution is -0.160. The highest BCUT2D eigenvalue weighted by Gasteiger charge is 2.50. The van der Waals surface area contributed by atoms with Gasteiger partial charge in [-0.15, -0.1) is 0 Å². The maximum Gasteiger partial charge on any atom is 0.313 e. The molecular formula is C13H15F2NO2. The molecule has 1 aliphatic carbocycles. The summed E-state index contributed by atoms with van der Waals surface area (Å²) in [5.74, 6) is -2.26. The zero-order chi connectivity index (χ0) is 13.3. The van der Waals surface area contributed by atoms with Crippen LogP contribution in [0.2, 0.25) is 0 Å². The molecule has 1 aromatic carbocycles. The number of methoxy groups -OCH3 is 1. The average Bonchev–Trinajstić information content (AvgIpc) is 2.30. The number of hydrogen-bond acceptors (Lipinski definition) is 3. The molecule has 1 aliphatic rings. The third-order valence-corrected chi connectivity index (χ3v) is 3.74. The van der Waals surface area contributed by atoms with Crippen LogP contribution in [-0.4, -0.2) is 13.1 Å². The fourth-order valence-corrected chi connectivity index (χ4v) is 2.43. The molecule has 1 fully saturated rings. The normalized spacial score (nSPS) is 18.9. The van der Waals surface area contributed by atoms with Crippen molar-refractivity contribution in [3.63, 3.8) is 0 Å². The molecule has 2 N–H and O–H groups in total. The first-order valence-corrected chi connectivity index (χ1v) is 5.80. The number of carbonyl (C=O) groups excluding carboxylic acids is 1. The Morgan fingerprint density at radius 2 is 2.06 bits per heavy atom. The molecular weight excluding hydrogens is 240 g/mol. The largest absolute Gasteiger partial charge is 0.469 e. The van der Waals surface area contributed by atoms with Gasteiger partial charge in [0, 0.05) is 6.04 Å². The highest BCUT2D eigenvalue weighted by atomic mass is 19.2. The number of esters is 1. The second-order valence-electron chi connectivity index (χ2n) is 4.65. The van der Waals surface area contributed by atoms with Crippen molar-refractivity contribution >= 4 is 5.97 Å². The van der Waals surface area contributed by atoms with E-state index in [9.17, 15) is 13.6 Å². The molecule has 18 heavy (non-hydrogen) atoms. The van der Waals surface area contributed by atoms with Crippen LogP contribution in [0.15, 0.2) is 18.2 Å². The number of benzene rings is 1. The first kappa shape index (κ1) is 13.0. The van der Waals surface area contributed by atoms with Crippen LogP contribution in [0.4, 0.5) is 8.78 Å². The lowest BCUT2D eigenvalue weighted by Crippen LogP contribution is -2.47. The van der Waals surface area contributed by atoms with Crippen molar-refractivity contribution < 1.29 is 18.3 Å². The van der Waals surface area contributed by atoms with Gasteiger partial charge in [-0.1, -0.05) is 12.5 Å². The average molecular weight is 255 g/mol. The number of hydrogen-bond donors (Lipinski definition) is 1. The predicted octanol–water partition coefficient (Wildman–Crippen LogP) is 2.31. The van der Waals surface area contributed by atoms with E-state index in [1.807, 2.05) is 0 Å². The number of halogens is 2. The van der Waals surface area contributed by atoms with Crippen molar-refractivity contribution in [2.75, 3.05) is 7.11 Å². The minimum absolute atomic E-state index is 0.383. The third-order valence-electron chi connectivity index (χ3n) is 3.74. The van der Waals surface area contributed by atoms with E-state index >= 15 is 0 Å². The van der Waals surface area contributed by atoms with Crippen molar-refractivity contribution in [3.8, 4) is 0 Å². The highest BCUT2D eigenvalue weighted by Crippen LogP contribution is 2.50. The number of rotatable bonds is 3. The molecule has 1 saturated carbocycles. The second-order valence-corrected chi connectivity index (χ2v) is 4.65. The van der Waals surface area contributed by atoms with E-state index in [1.165, 1.54) is 13.2 Å². The Labute approximate surface area is 104 Å². The predicted molar refractivity (Wildman–Crippen MR) is 61.6 cm³/mol. The Morgan fingerprint density at radius 3 is 2.50 bits per heavy atom. The molecule has 3 nitrogen and oxygen atoms in total. The van der Waals surface area contributed by atoms with Crippen LogP contribution in [0.5, 0.6) is 0 Å². The first-order valence-electron chi connectivity index (χ1n) is 5.80. The second kappa shape index (κ2) is 4.65.